The molecule has 0 aromatic heterocycles. The third kappa shape index (κ3) is 3.12. The highest BCUT2D eigenvalue weighted by molar-refractivity contribution is 5.82. The molecule has 3 fully saturated rings. The predicted molar refractivity (Wildman–Crippen MR) is 53.8 cm³/mol. The van der Waals surface area contributed by atoms with E-state index in [9.17, 15) is 18.0 Å². The Hall–Kier alpha value is -1.31. The molecule has 2 N–H and O–H groups in total. The summed E-state index contributed by atoms with van der Waals surface area (Å²) in [4.78, 5) is 20.1. The van der Waals surface area contributed by atoms with Crippen molar-refractivity contribution in [3.8, 4) is 0 Å². The number of hydrogen-bond acceptors (Lipinski definition) is 4. The molecule has 1 saturated carbocycles. The Labute approximate surface area is 101 Å². The predicted octanol–water partition coefficient (Wildman–Crippen LogP) is 1.08. The van der Waals surface area contributed by atoms with Gasteiger partial charge in [-0.15, -0.1) is 0 Å². The van der Waals surface area contributed by atoms with Gasteiger partial charge in [-0.2, -0.15) is 13.2 Å². The first kappa shape index (κ1) is 14.7. The molecule has 2 bridgehead atoms. The van der Waals surface area contributed by atoms with Crippen LogP contribution in [0.3, 0.4) is 0 Å². The largest absolute Gasteiger partial charge is 0.490 e. The van der Waals surface area contributed by atoms with Crippen molar-refractivity contribution in [3.63, 3.8) is 0 Å². The minimum atomic E-state index is -5.08. The number of fused-ring (bicyclic) bond motifs is 2. The van der Waals surface area contributed by atoms with Gasteiger partial charge in [0, 0.05) is 6.04 Å². The summed E-state index contributed by atoms with van der Waals surface area (Å²) in [5.41, 5.74) is -0.280. The van der Waals surface area contributed by atoms with E-state index in [1.165, 1.54) is 13.5 Å². The van der Waals surface area contributed by atoms with Crippen LogP contribution in [0.2, 0.25) is 0 Å². The maximum absolute atomic E-state index is 11.2. The maximum atomic E-state index is 11.2. The summed E-state index contributed by atoms with van der Waals surface area (Å²) in [6, 6.07) is 0.586. The van der Waals surface area contributed by atoms with Gasteiger partial charge in [-0.1, -0.05) is 0 Å². The number of methoxy groups -OCH3 is 1. The molecule has 2 aliphatic heterocycles. The Kier molecular flexibility index (Phi) is 4.20. The van der Waals surface area contributed by atoms with Gasteiger partial charge in [0.25, 0.3) is 0 Å². The van der Waals surface area contributed by atoms with E-state index < -0.39 is 12.1 Å². The number of carbonyl (C=O) groups excluding carboxylic acids is 1. The number of halogens is 3. The van der Waals surface area contributed by atoms with Crippen molar-refractivity contribution >= 4 is 11.9 Å². The number of ether oxygens (including phenoxy) is 1. The third-order valence-corrected chi connectivity index (χ3v) is 3.05. The first-order valence-corrected chi connectivity index (χ1v) is 5.37. The van der Waals surface area contributed by atoms with Crippen molar-refractivity contribution in [2.45, 2.75) is 43.4 Å². The molecule has 3 aliphatic rings. The number of esters is 1. The topological polar surface area (TPSA) is 75.6 Å². The lowest BCUT2D eigenvalue weighted by atomic mass is 9.71. The summed E-state index contributed by atoms with van der Waals surface area (Å²) < 4.78 is 36.5. The Morgan fingerprint density at radius 1 is 1.44 bits per heavy atom. The average Bonchev–Trinajstić information content (AvgIpc) is 2.27. The van der Waals surface area contributed by atoms with Gasteiger partial charge in [0.05, 0.1) is 7.11 Å². The van der Waals surface area contributed by atoms with E-state index in [0.29, 0.717) is 6.04 Å². The number of carboxylic acid groups (broad SMARTS) is 1. The first-order valence-electron chi connectivity index (χ1n) is 5.37. The van der Waals surface area contributed by atoms with Crippen LogP contribution < -0.4 is 5.32 Å². The molecule has 0 radical (unpaired) electrons. The van der Waals surface area contributed by atoms with Crippen molar-refractivity contribution in [1.82, 2.24) is 5.32 Å². The zero-order valence-electron chi connectivity index (χ0n) is 9.71. The molecular weight excluding hydrogens is 255 g/mol. The van der Waals surface area contributed by atoms with Crippen LogP contribution in [0, 0.1) is 0 Å². The Morgan fingerprint density at radius 3 is 2.22 bits per heavy atom. The van der Waals surface area contributed by atoms with Gasteiger partial charge >= 0.3 is 18.1 Å². The number of carbonyl (C=O) groups is 2. The molecule has 5 nitrogen and oxygen atoms in total. The van der Waals surface area contributed by atoms with Crippen molar-refractivity contribution in [2.24, 2.45) is 0 Å². The minimum absolute atomic E-state index is 0.0755. The van der Waals surface area contributed by atoms with E-state index in [1.807, 2.05) is 0 Å². The number of nitrogens with one attached hydrogen (secondary N) is 1. The number of aliphatic carboxylic acids is 1. The van der Waals surface area contributed by atoms with Crippen molar-refractivity contribution in [2.75, 3.05) is 7.11 Å². The summed E-state index contributed by atoms with van der Waals surface area (Å²) in [6.07, 6.45) is -0.763. The molecule has 2 heterocycles. The minimum Gasteiger partial charge on any atom is -0.475 e. The monoisotopic (exact) mass is 269 g/mol. The van der Waals surface area contributed by atoms with Gasteiger partial charge in [-0.3, -0.25) is 10.1 Å². The van der Waals surface area contributed by atoms with Gasteiger partial charge in [-0.25, -0.2) is 4.79 Å². The van der Waals surface area contributed by atoms with Crippen LogP contribution in [0.25, 0.3) is 0 Å². The smallest absolute Gasteiger partial charge is 0.475 e. The van der Waals surface area contributed by atoms with E-state index in [1.54, 1.807) is 0 Å². The molecule has 1 aliphatic carbocycles. The zero-order valence-corrected chi connectivity index (χ0v) is 9.71. The second kappa shape index (κ2) is 5.13. The molecule has 0 aromatic carbocycles. The maximum Gasteiger partial charge on any atom is 0.490 e. The van der Waals surface area contributed by atoms with Gasteiger partial charge in [-0.05, 0) is 25.7 Å². The average molecular weight is 269 g/mol. The highest BCUT2D eigenvalue weighted by Crippen LogP contribution is 2.38. The van der Waals surface area contributed by atoms with Gasteiger partial charge in [0.1, 0.15) is 5.54 Å². The van der Waals surface area contributed by atoms with Gasteiger partial charge in [0.15, 0.2) is 0 Å². The second-order valence-corrected chi connectivity index (χ2v) is 4.31. The van der Waals surface area contributed by atoms with Crippen molar-refractivity contribution in [1.29, 1.82) is 0 Å². The molecule has 8 heteroatoms. The lowest BCUT2D eigenvalue weighted by Crippen LogP contribution is -2.70. The summed E-state index contributed by atoms with van der Waals surface area (Å²) in [6.45, 7) is 0. The quantitative estimate of drug-likeness (QED) is 0.697. The SMILES string of the molecule is COC(=O)C12CCCC(C1)N2.O=C(O)C(F)(F)F. The fraction of sp³-hybridized carbons (Fsp3) is 0.800. The molecule has 0 amide bonds. The molecule has 18 heavy (non-hydrogen) atoms. The van der Waals surface area contributed by atoms with Gasteiger partial charge in [0.2, 0.25) is 0 Å². The van der Waals surface area contributed by atoms with E-state index in [4.69, 9.17) is 14.6 Å². The Morgan fingerprint density at radius 2 is 1.94 bits per heavy atom. The van der Waals surface area contributed by atoms with Crippen molar-refractivity contribution < 1.29 is 32.6 Å². The number of hydrogen-bond donors (Lipinski definition) is 2. The summed E-state index contributed by atoms with van der Waals surface area (Å²) in [5, 5.41) is 10.4. The van der Waals surface area contributed by atoms with Crippen molar-refractivity contribution in [3.05, 3.63) is 0 Å². The Bertz CT molecular complexity index is 331. The standard InChI is InChI=1S/C8H13NO2.C2HF3O2/c1-11-7(10)8-4-2-3-6(5-8)9-8;3-2(4,5)1(6)7/h6,9H,2-5H2,1H3;(H,6,7). The zero-order chi connectivity index (χ0) is 14.0. The molecule has 104 valence electrons. The summed E-state index contributed by atoms with van der Waals surface area (Å²) in [5.74, 6) is -2.83. The lowest BCUT2D eigenvalue weighted by Gasteiger charge is -2.51. The van der Waals surface area contributed by atoms with Crippen LogP contribution in [-0.2, 0) is 14.3 Å². The van der Waals surface area contributed by atoms with E-state index in [2.05, 4.69) is 5.32 Å². The summed E-state index contributed by atoms with van der Waals surface area (Å²) >= 11 is 0. The Balaban J connectivity index is 0.000000203. The van der Waals surface area contributed by atoms with E-state index >= 15 is 0 Å². The molecule has 2 saturated heterocycles. The number of rotatable bonds is 1. The highest BCUT2D eigenvalue weighted by Gasteiger charge is 2.52. The van der Waals surface area contributed by atoms with Crippen LogP contribution in [0.4, 0.5) is 13.2 Å². The number of alkyl halides is 3. The lowest BCUT2D eigenvalue weighted by molar-refractivity contribution is -0.192. The molecule has 0 aromatic rings. The van der Waals surface area contributed by atoms with E-state index in [-0.39, 0.29) is 11.5 Å². The van der Waals surface area contributed by atoms with Crippen LogP contribution in [-0.4, -0.2) is 41.9 Å². The highest BCUT2D eigenvalue weighted by atomic mass is 19.4. The van der Waals surface area contributed by atoms with Crippen LogP contribution in [0.5, 0.6) is 0 Å². The molecule has 2 unspecified atom stereocenters. The molecule has 0 spiro atoms. The first-order chi connectivity index (χ1) is 8.21. The summed E-state index contributed by atoms with van der Waals surface area (Å²) in [7, 11) is 1.46. The number of carboxylic acids is 1. The molecule has 2 atom stereocenters. The third-order valence-electron chi connectivity index (χ3n) is 3.05. The second-order valence-electron chi connectivity index (χ2n) is 4.31. The fourth-order valence-corrected chi connectivity index (χ4v) is 2.23. The van der Waals surface area contributed by atoms with E-state index in [0.717, 1.165) is 19.3 Å². The molecule has 3 rings (SSSR count). The van der Waals surface area contributed by atoms with Crippen LogP contribution in [0.1, 0.15) is 25.7 Å². The molecular formula is C10H14F3NO4. The van der Waals surface area contributed by atoms with Gasteiger partial charge < -0.3 is 9.84 Å². The normalized spacial score (nSPS) is 29.4. The fourth-order valence-electron chi connectivity index (χ4n) is 2.23. The number of piperidine rings is 1. The van der Waals surface area contributed by atoms with Crippen LogP contribution in [0.15, 0.2) is 0 Å². The van der Waals surface area contributed by atoms with Crippen LogP contribution >= 0.6 is 0 Å².